The molecule has 0 atom stereocenters. The van der Waals surface area contributed by atoms with Crippen LogP contribution < -0.4 is 20.7 Å². The highest BCUT2D eigenvalue weighted by Crippen LogP contribution is 2.20. The van der Waals surface area contributed by atoms with E-state index >= 15 is 0 Å². The maximum Gasteiger partial charge on any atom is 0.437 e. The molecule has 1 rings (SSSR count). The topological polar surface area (TPSA) is 271 Å². The number of amidine groups is 1. The molecule has 0 radical (unpaired) electrons. The Morgan fingerprint density at radius 3 is 1.39 bits per heavy atom. The van der Waals surface area contributed by atoms with Gasteiger partial charge >= 0.3 is 36.6 Å². The summed E-state index contributed by atoms with van der Waals surface area (Å²) in [4.78, 5) is 93.3. The van der Waals surface area contributed by atoms with E-state index in [1.54, 1.807) is 137 Å². The Morgan fingerprint density at radius 1 is 0.528 bits per heavy atom. The molecule has 72 heavy (non-hydrogen) atoms. The van der Waals surface area contributed by atoms with Gasteiger partial charge in [-0.25, -0.2) is 43.6 Å². The molecule has 1 aromatic heterocycles. The monoisotopic (exact) mass is 1020 g/mol. The molecular weight excluding hydrogens is 935 g/mol. The summed E-state index contributed by atoms with van der Waals surface area (Å²) in [5.41, 5.74) is -4.88. The Hall–Kier alpha value is -6.22. The highest BCUT2D eigenvalue weighted by Gasteiger charge is 2.35. The number of pyridine rings is 1. The number of guanidine groups is 2. The second-order valence-electron chi connectivity index (χ2n) is 22.7. The minimum Gasteiger partial charge on any atom is -0.478 e. The van der Waals surface area contributed by atoms with Crippen molar-refractivity contribution in [3.8, 4) is 5.88 Å². The van der Waals surface area contributed by atoms with Gasteiger partial charge in [-0.3, -0.25) is 16.0 Å². The van der Waals surface area contributed by atoms with Gasteiger partial charge < -0.3 is 38.5 Å². The molecule has 0 aliphatic rings. The Labute approximate surface area is 426 Å². The quantitative estimate of drug-likeness (QED) is 0.0519. The van der Waals surface area contributed by atoms with E-state index in [-0.39, 0.29) is 49.8 Å². The zero-order valence-corrected chi connectivity index (χ0v) is 46.3. The molecule has 4 N–H and O–H groups in total. The molecule has 0 aliphatic carbocycles. The smallest absolute Gasteiger partial charge is 0.437 e. The predicted molar refractivity (Wildman–Crippen MR) is 273 cm³/mol. The number of nitrogens with zero attached hydrogens (tertiary/aromatic N) is 5. The van der Waals surface area contributed by atoms with Gasteiger partial charge in [-0.15, -0.1) is 9.98 Å². The Bertz CT molecular complexity index is 2020. The van der Waals surface area contributed by atoms with E-state index in [9.17, 15) is 28.8 Å². The fourth-order valence-corrected chi connectivity index (χ4v) is 5.65. The summed E-state index contributed by atoms with van der Waals surface area (Å²) in [5, 5.41) is 16.0. The molecular formula is C50H85N9O13. The van der Waals surface area contributed by atoms with Gasteiger partial charge in [0.25, 0.3) is 0 Å². The minimum absolute atomic E-state index is 0.00769. The lowest BCUT2D eigenvalue weighted by atomic mass is 10.1. The lowest BCUT2D eigenvalue weighted by Gasteiger charge is -2.34. The highest BCUT2D eigenvalue weighted by atomic mass is 16.6. The Kier molecular flexibility index (Phi) is 24.9. The van der Waals surface area contributed by atoms with Crippen LogP contribution in [0.2, 0.25) is 0 Å². The van der Waals surface area contributed by atoms with Gasteiger partial charge in [0.15, 0.2) is 0 Å². The number of aliphatic imine (C=N–C) groups is 2. The van der Waals surface area contributed by atoms with E-state index in [1.165, 1.54) is 6.20 Å². The van der Waals surface area contributed by atoms with Crippen LogP contribution in [0.4, 0.5) is 28.8 Å². The SMILES string of the molecule is CC(C)(C)OC(=O)/N=C(\NCCCCCCCCN(C(=O)OC(C)(C)C)/C(=N\C(=O)OC(C)(C)C)N(CCCCOc1ccc(C(=N)NC(=O)OC(C)(C)C)cn1)C(=O)OC(C)(C)C)NC(=O)OC(C)(C)C. The van der Waals surface area contributed by atoms with Crippen LogP contribution in [-0.2, 0) is 28.4 Å². The first-order valence-electron chi connectivity index (χ1n) is 24.4. The third kappa shape index (κ3) is 31.2. The van der Waals surface area contributed by atoms with Gasteiger partial charge in [0, 0.05) is 37.5 Å². The number of hydrogen-bond acceptors (Lipinski definition) is 15. The zero-order chi connectivity index (χ0) is 55.3. The lowest BCUT2D eigenvalue weighted by molar-refractivity contribution is 0.0268. The van der Waals surface area contributed by atoms with Crippen molar-refractivity contribution < 1.29 is 61.9 Å². The second-order valence-corrected chi connectivity index (χ2v) is 22.7. The van der Waals surface area contributed by atoms with Crippen molar-refractivity contribution in [3.63, 3.8) is 0 Å². The molecule has 1 aromatic rings. The van der Waals surface area contributed by atoms with Crippen LogP contribution in [0.15, 0.2) is 28.3 Å². The van der Waals surface area contributed by atoms with Gasteiger partial charge in [-0.05, 0) is 156 Å². The van der Waals surface area contributed by atoms with Gasteiger partial charge in [-0.1, -0.05) is 25.7 Å². The Balaban J connectivity index is 3.25. The molecule has 0 bridgehead atoms. The molecule has 22 heteroatoms. The van der Waals surface area contributed by atoms with Crippen molar-refractivity contribution in [2.24, 2.45) is 9.98 Å². The summed E-state index contributed by atoms with van der Waals surface area (Å²) in [6.07, 6.45) is 0.851. The summed E-state index contributed by atoms with van der Waals surface area (Å²) < 4.78 is 38.8. The molecule has 0 unspecified atom stereocenters. The predicted octanol–water partition coefficient (Wildman–Crippen LogP) is 10.6. The van der Waals surface area contributed by atoms with Crippen molar-refractivity contribution in [2.45, 2.75) is 210 Å². The number of carbonyl (C=O) groups excluding carboxylic acids is 6. The normalized spacial score (nSPS) is 12.7. The van der Waals surface area contributed by atoms with E-state index in [4.69, 9.17) is 38.6 Å². The molecule has 0 aromatic carbocycles. The fraction of sp³-hybridized carbons (Fsp3) is 0.720. The van der Waals surface area contributed by atoms with Crippen molar-refractivity contribution in [1.29, 1.82) is 5.41 Å². The number of hydrogen-bond donors (Lipinski definition) is 4. The number of unbranched alkanes of at least 4 members (excludes halogenated alkanes) is 6. The minimum atomic E-state index is -1.04. The van der Waals surface area contributed by atoms with Crippen LogP contribution in [0.1, 0.15) is 182 Å². The molecule has 408 valence electrons. The van der Waals surface area contributed by atoms with Crippen LogP contribution in [0.5, 0.6) is 5.88 Å². The number of ether oxygens (including phenoxy) is 7. The number of amides is 6. The van der Waals surface area contributed by atoms with E-state index in [2.05, 4.69) is 30.9 Å². The summed E-state index contributed by atoms with van der Waals surface area (Å²) in [5.74, 6) is -0.386. The molecule has 0 saturated carbocycles. The summed E-state index contributed by atoms with van der Waals surface area (Å²) >= 11 is 0. The van der Waals surface area contributed by atoms with Crippen LogP contribution in [0.25, 0.3) is 0 Å². The lowest BCUT2D eigenvalue weighted by Crippen LogP contribution is -2.53. The number of aromatic nitrogens is 1. The van der Waals surface area contributed by atoms with Gasteiger partial charge in [-0.2, -0.15) is 0 Å². The number of nitrogens with one attached hydrogen (secondary N) is 4. The first kappa shape index (κ1) is 63.8. The molecule has 0 spiro atoms. The molecule has 0 saturated heterocycles. The average molecular weight is 1020 g/mol. The molecule has 0 fully saturated rings. The number of alkyl carbamates (subject to hydrolysis) is 2. The zero-order valence-electron chi connectivity index (χ0n) is 46.3. The van der Waals surface area contributed by atoms with Crippen LogP contribution in [-0.4, -0.2) is 129 Å². The molecule has 1 heterocycles. The van der Waals surface area contributed by atoms with Crippen molar-refractivity contribution >= 4 is 54.3 Å². The van der Waals surface area contributed by atoms with E-state index in [0.717, 1.165) is 29.1 Å². The van der Waals surface area contributed by atoms with Crippen LogP contribution in [0.3, 0.4) is 0 Å². The second kappa shape index (κ2) is 28.1. The van der Waals surface area contributed by atoms with Gasteiger partial charge in [0.1, 0.15) is 39.4 Å². The summed E-state index contributed by atoms with van der Waals surface area (Å²) in [7, 11) is 0. The first-order chi connectivity index (χ1) is 32.8. The van der Waals surface area contributed by atoms with Gasteiger partial charge in [0.05, 0.1) is 6.61 Å². The van der Waals surface area contributed by atoms with E-state index < -0.39 is 70.2 Å². The highest BCUT2D eigenvalue weighted by molar-refractivity contribution is 6.05. The molecule has 0 aliphatic heterocycles. The third-order valence-corrected chi connectivity index (χ3v) is 8.29. The molecule has 6 amide bonds. The van der Waals surface area contributed by atoms with Crippen molar-refractivity contribution in [2.75, 3.05) is 26.2 Å². The van der Waals surface area contributed by atoms with Crippen molar-refractivity contribution in [3.05, 3.63) is 23.9 Å². The maximum absolute atomic E-state index is 14.1. The average Bonchev–Trinajstić information content (AvgIpc) is 3.15. The number of carbonyl (C=O) groups is 6. The van der Waals surface area contributed by atoms with E-state index in [1.807, 2.05) is 0 Å². The van der Waals surface area contributed by atoms with Crippen LogP contribution in [0, 0.1) is 5.41 Å². The fourth-order valence-electron chi connectivity index (χ4n) is 5.65. The number of rotatable bonds is 16. The largest absolute Gasteiger partial charge is 0.478 e. The Morgan fingerprint density at radius 2 is 0.944 bits per heavy atom. The maximum atomic E-state index is 14.1. The van der Waals surface area contributed by atoms with E-state index in [0.29, 0.717) is 37.8 Å². The third-order valence-electron chi connectivity index (χ3n) is 8.29. The van der Waals surface area contributed by atoms with Crippen molar-refractivity contribution in [1.82, 2.24) is 30.7 Å². The summed E-state index contributed by atoms with van der Waals surface area (Å²) in [6, 6.07) is 3.11. The van der Waals surface area contributed by atoms with Gasteiger partial charge in [0.2, 0.25) is 17.8 Å². The van der Waals surface area contributed by atoms with Crippen LogP contribution >= 0.6 is 0 Å². The first-order valence-corrected chi connectivity index (χ1v) is 24.4. The summed E-state index contributed by atoms with van der Waals surface area (Å²) in [6.45, 7) is 31.0. The standard InChI is InChI=1S/C50H85N9O13/c1-45(2,3)67-39(60)54-36(51)34-27-28-35(53-33-34)66-32-26-25-31-59(44(65)72-50(16,17)18)38(57-42(63)70-48(10,11)12)58(43(64)71-49(13,14)15)30-24-22-20-19-21-23-29-52-37(55-40(61)68-46(4,5)6)56-41(62)69-47(7,8)9/h27-28,33H,19-26,29-32H2,1-18H3,(H2,51,54,60)(H2,52,55,56,61,62)/b57-38+. The molecule has 22 nitrogen and oxygen atoms in total.